The van der Waals surface area contributed by atoms with Gasteiger partial charge in [-0.3, -0.25) is 4.90 Å². The summed E-state index contributed by atoms with van der Waals surface area (Å²) in [5, 5.41) is 10.6. The molecule has 4 nitrogen and oxygen atoms in total. The van der Waals surface area contributed by atoms with E-state index in [1.807, 2.05) is 0 Å². The molecule has 0 aromatic rings. The molecule has 0 aliphatic heterocycles. The first-order valence-electron chi connectivity index (χ1n) is 6.72. The Morgan fingerprint density at radius 1 is 1.53 bits per heavy atom. The van der Waals surface area contributed by atoms with Crippen molar-refractivity contribution >= 4 is 0 Å². The molecule has 1 fully saturated rings. The van der Waals surface area contributed by atoms with Gasteiger partial charge in [-0.25, -0.2) is 0 Å². The SMILES string of the molecule is CCC(C)N(CCOC)CC(O)(CN)C1CC1. The minimum atomic E-state index is -0.697. The topological polar surface area (TPSA) is 58.7 Å². The van der Waals surface area contributed by atoms with Crippen LogP contribution >= 0.6 is 0 Å². The predicted molar refractivity (Wildman–Crippen MR) is 69.9 cm³/mol. The Balaban J connectivity index is 2.56. The summed E-state index contributed by atoms with van der Waals surface area (Å²) in [6.45, 7) is 6.96. The first-order valence-corrected chi connectivity index (χ1v) is 6.72. The molecule has 2 unspecified atom stereocenters. The zero-order valence-electron chi connectivity index (χ0n) is 11.5. The van der Waals surface area contributed by atoms with Crippen molar-refractivity contribution in [3.8, 4) is 0 Å². The largest absolute Gasteiger partial charge is 0.387 e. The molecule has 0 aromatic heterocycles. The Labute approximate surface area is 105 Å². The second-order valence-corrected chi connectivity index (χ2v) is 5.30. The van der Waals surface area contributed by atoms with Crippen molar-refractivity contribution in [2.45, 2.75) is 44.8 Å². The van der Waals surface area contributed by atoms with Crippen LogP contribution in [0, 0.1) is 5.92 Å². The van der Waals surface area contributed by atoms with E-state index >= 15 is 0 Å². The molecule has 0 heterocycles. The van der Waals surface area contributed by atoms with Gasteiger partial charge in [0.05, 0.1) is 12.2 Å². The number of aliphatic hydroxyl groups is 1. The fourth-order valence-corrected chi connectivity index (χ4v) is 2.25. The molecule has 4 heteroatoms. The molecule has 0 saturated heterocycles. The minimum Gasteiger partial charge on any atom is -0.387 e. The first kappa shape index (κ1) is 14.9. The highest BCUT2D eigenvalue weighted by molar-refractivity contribution is 4.98. The molecule has 1 saturated carbocycles. The van der Waals surface area contributed by atoms with Gasteiger partial charge in [0, 0.05) is 32.8 Å². The van der Waals surface area contributed by atoms with Crippen LogP contribution < -0.4 is 5.73 Å². The van der Waals surface area contributed by atoms with Gasteiger partial charge in [0.15, 0.2) is 0 Å². The number of nitrogens with zero attached hydrogens (tertiary/aromatic N) is 1. The van der Waals surface area contributed by atoms with Crippen LogP contribution in [0.1, 0.15) is 33.1 Å². The standard InChI is InChI=1S/C13H28N2O2/c1-4-11(2)15(7-8-17-3)10-13(16,9-14)12-5-6-12/h11-12,16H,4-10,14H2,1-3H3. The van der Waals surface area contributed by atoms with E-state index in [1.165, 1.54) is 0 Å². The van der Waals surface area contributed by atoms with Crippen molar-refractivity contribution in [2.75, 3.05) is 33.4 Å². The maximum absolute atomic E-state index is 10.6. The summed E-state index contributed by atoms with van der Waals surface area (Å²) in [5.41, 5.74) is 5.06. The third-order valence-electron chi connectivity index (χ3n) is 3.96. The summed E-state index contributed by atoms with van der Waals surface area (Å²) in [5.74, 6) is 0.404. The zero-order chi connectivity index (χ0) is 12.9. The minimum absolute atomic E-state index is 0.359. The molecule has 0 spiro atoms. The summed E-state index contributed by atoms with van der Waals surface area (Å²) in [6.07, 6.45) is 3.31. The first-order chi connectivity index (χ1) is 8.07. The normalized spacial score (nSPS) is 21.5. The van der Waals surface area contributed by atoms with Gasteiger partial charge in [0.25, 0.3) is 0 Å². The van der Waals surface area contributed by atoms with E-state index in [-0.39, 0.29) is 0 Å². The van der Waals surface area contributed by atoms with E-state index in [1.54, 1.807) is 7.11 Å². The van der Waals surface area contributed by atoms with E-state index < -0.39 is 5.60 Å². The van der Waals surface area contributed by atoms with Crippen molar-refractivity contribution in [1.29, 1.82) is 0 Å². The molecule has 1 aliphatic rings. The molecule has 2 atom stereocenters. The predicted octanol–water partition coefficient (Wildman–Crippen LogP) is 0.833. The van der Waals surface area contributed by atoms with Crippen LogP contribution in [0.25, 0.3) is 0 Å². The van der Waals surface area contributed by atoms with Crippen LogP contribution in [-0.2, 0) is 4.74 Å². The van der Waals surface area contributed by atoms with Gasteiger partial charge in [0.2, 0.25) is 0 Å². The summed E-state index contributed by atoms with van der Waals surface area (Å²) in [6, 6.07) is 0.460. The number of hydrogen-bond donors (Lipinski definition) is 2. The number of hydrogen-bond acceptors (Lipinski definition) is 4. The van der Waals surface area contributed by atoms with Gasteiger partial charge in [-0.2, -0.15) is 0 Å². The quantitative estimate of drug-likeness (QED) is 0.631. The smallest absolute Gasteiger partial charge is 0.0923 e. The molecule has 1 rings (SSSR count). The third-order valence-corrected chi connectivity index (χ3v) is 3.96. The van der Waals surface area contributed by atoms with E-state index in [9.17, 15) is 5.11 Å². The molecule has 0 aromatic carbocycles. The second kappa shape index (κ2) is 6.69. The van der Waals surface area contributed by atoms with Crippen molar-refractivity contribution < 1.29 is 9.84 Å². The Kier molecular flexibility index (Phi) is 5.86. The van der Waals surface area contributed by atoms with E-state index in [4.69, 9.17) is 10.5 Å². The lowest BCUT2D eigenvalue weighted by molar-refractivity contribution is -0.0237. The number of methoxy groups -OCH3 is 1. The average molecular weight is 244 g/mol. The third kappa shape index (κ3) is 4.21. The van der Waals surface area contributed by atoms with E-state index in [0.29, 0.717) is 31.7 Å². The van der Waals surface area contributed by atoms with Gasteiger partial charge in [-0.1, -0.05) is 6.92 Å². The molecular formula is C13H28N2O2. The Hall–Kier alpha value is -0.160. The number of nitrogens with two attached hydrogens (primary N) is 1. The van der Waals surface area contributed by atoms with Crippen LogP contribution in [0.4, 0.5) is 0 Å². The lowest BCUT2D eigenvalue weighted by Gasteiger charge is -2.36. The van der Waals surface area contributed by atoms with Gasteiger partial charge in [-0.05, 0) is 32.1 Å². The molecular weight excluding hydrogens is 216 g/mol. The van der Waals surface area contributed by atoms with Crippen molar-refractivity contribution in [2.24, 2.45) is 11.7 Å². The van der Waals surface area contributed by atoms with Gasteiger partial charge in [-0.15, -0.1) is 0 Å². The monoisotopic (exact) mass is 244 g/mol. The second-order valence-electron chi connectivity index (χ2n) is 5.30. The lowest BCUT2D eigenvalue weighted by Crippen LogP contribution is -2.52. The van der Waals surface area contributed by atoms with E-state index in [0.717, 1.165) is 25.8 Å². The van der Waals surface area contributed by atoms with Gasteiger partial charge in [0.1, 0.15) is 0 Å². The number of rotatable bonds is 9. The summed E-state index contributed by atoms with van der Waals surface area (Å²) in [7, 11) is 1.71. The van der Waals surface area contributed by atoms with Crippen LogP contribution in [-0.4, -0.2) is 55.0 Å². The van der Waals surface area contributed by atoms with Crippen molar-refractivity contribution in [3.05, 3.63) is 0 Å². The Bertz CT molecular complexity index is 221. The highest BCUT2D eigenvalue weighted by Gasteiger charge is 2.44. The highest BCUT2D eigenvalue weighted by Crippen LogP contribution is 2.39. The summed E-state index contributed by atoms with van der Waals surface area (Å²) in [4.78, 5) is 2.30. The Morgan fingerprint density at radius 2 is 2.18 bits per heavy atom. The molecule has 0 radical (unpaired) electrons. The molecule has 3 N–H and O–H groups in total. The molecule has 102 valence electrons. The van der Waals surface area contributed by atoms with Crippen LogP contribution in [0.2, 0.25) is 0 Å². The van der Waals surface area contributed by atoms with Crippen molar-refractivity contribution in [3.63, 3.8) is 0 Å². The average Bonchev–Trinajstić information content (AvgIpc) is 3.17. The van der Waals surface area contributed by atoms with E-state index in [2.05, 4.69) is 18.7 Å². The fourth-order valence-electron chi connectivity index (χ4n) is 2.25. The number of ether oxygens (including phenoxy) is 1. The maximum atomic E-state index is 10.6. The molecule has 1 aliphatic carbocycles. The van der Waals surface area contributed by atoms with Crippen LogP contribution in [0.3, 0.4) is 0 Å². The Morgan fingerprint density at radius 3 is 2.59 bits per heavy atom. The maximum Gasteiger partial charge on any atom is 0.0923 e. The summed E-state index contributed by atoms with van der Waals surface area (Å²) < 4.78 is 5.14. The van der Waals surface area contributed by atoms with Gasteiger partial charge >= 0.3 is 0 Å². The van der Waals surface area contributed by atoms with Crippen LogP contribution in [0.5, 0.6) is 0 Å². The summed E-state index contributed by atoms with van der Waals surface area (Å²) >= 11 is 0. The fraction of sp³-hybridized carbons (Fsp3) is 1.00. The van der Waals surface area contributed by atoms with Crippen molar-refractivity contribution in [1.82, 2.24) is 4.90 Å². The van der Waals surface area contributed by atoms with Gasteiger partial charge < -0.3 is 15.6 Å². The molecule has 0 amide bonds. The zero-order valence-corrected chi connectivity index (χ0v) is 11.5. The van der Waals surface area contributed by atoms with Crippen LogP contribution in [0.15, 0.2) is 0 Å². The molecule has 0 bridgehead atoms. The highest BCUT2D eigenvalue weighted by atomic mass is 16.5. The molecule has 17 heavy (non-hydrogen) atoms. The lowest BCUT2D eigenvalue weighted by atomic mass is 9.96.